The molecule has 0 saturated carbocycles. The van der Waals surface area contributed by atoms with Gasteiger partial charge in [0.15, 0.2) is 5.03 Å². The molecule has 0 bridgehead atoms. The Labute approximate surface area is 126 Å². The molecular formula is C12H15BrN4O2S. The number of rotatable bonds is 3. The number of hydrogen-bond donors (Lipinski definition) is 1. The number of anilines is 2. The molecule has 1 heterocycles. The Morgan fingerprint density at radius 3 is 2.55 bits per heavy atom. The van der Waals surface area contributed by atoms with E-state index in [2.05, 4.69) is 20.9 Å². The number of hydrogen-bond acceptors (Lipinski definition) is 4. The van der Waals surface area contributed by atoms with Crippen molar-refractivity contribution in [1.82, 2.24) is 9.55 Å². The molecule has 2 N–H and O–H groups in total. The Kier molecular flexibility index (Phi) is 3.79. The first-order valence-electron chi connectivity index (χ1n) is 5.77. The van der Waals surface area contributed by atoms with Crippen molar-refractivity contribution in [1.29, 1.82) is 0 Å². The molecule has 0 atom stereocenters. The van der Waals surface area contributed by atoms with Gasteiger partial charge in [0, 0.05) is 24.8 Å². The molecule has 2 aromatic rings. The lowest BCUT2D eigenvalue weighted by Crippen LogP contribution is -2.27. The second-order valence-electron chi connectivity index (χ2n) is 4.41. The number of nitrogen functional groups attached to an aromatic ring is 1. The van der Waals surface area contributed by atoms with Crippen LogP contribution in [0.2, 0.25) is 0 Å². The fraction of sp³-hybridized carbons (Fsp3) is 0.250. The third kappa shape index (κ3) is 2.53. The maximum absolute atomic E-state index is 12.5. The van der Waals surface area contributed by atoms with E-state index in [0.717, 1.165) is 8.78 Å². The highest BCUT2D eigenvalue weighted by atomic mass is 79.9. The quantitative estimate of drug-likeness (QED) is 0.849. The van der Waals surface area contributed by atoms with Crippen molar-refractivity contribution in [2.75, 3.05) is 17.1 Å². The van der Waals surface area contributed by atoms with Crippen LogP contribution >= 0.6 is 15.9 Å². The van der Waals surface area contributed by atoms with Crippen LogP contribution in [0.25, 0.3) is 0 Å². The Balaban J connectivity index is 2.48. The van der Waals surface area contributed by atoms with Crippen molar-refractivity contribution in [2.24, 2.45) is 7.05 Å². The van der Waals surface area contributed by atoms with Gasteiger partial charge in [-0.05, 0) is 25.1 Å². The van der Waals surface area contributed by atoms with E-state index < -0.39 is 10.0 Å². The number of aryl methyl sites for hydroxylation is 2. The van der Waals surface area contributed by atoms with E-state index in [-0.39, 0.29) is 5.03 Å². The monoisotopic (exact) mass is 358 g/mol. The largest absolute Gasteiger partial charge is 0.397 e. The topological polar surface area (TPSA) is 81.2 Å². The number of benzene rings is 1. The third-order valence-corrected chi connectivity index (χ3v) is 5.18. The molecule has 1 aromatic carbocycles. The summed E-state index contributed by atoms with van der Waals surface area (Å²) < 4.78 is 28.6. The predicted octanol–water partition coefficient (Wildman–Crippen LogP) is 1.90. The van der Waals surface area contributed by atoms with Gasteiger partial charge < -0.3 is 10.3 Å². The van der Waals surface area contributed by atoms with Crippen molar-refractivity contribution in [2.45, 2.75) is 11.9 Å². The zero-order valence-electron chi connectivity index (χ0n) is 11.3. The lowest BCUT2D eigenvalue weighted by Gasteiger charge is -2.19. The molecule has 0 aliphatic heterocycles. The first-order valence-corrected chi connectivity index (χ1v) is 8.00. The van der Waals surface area contributed by atoms with Gasteiger partial charge in [-0.1, -0.05) is 15.9 Å². The standard InChI is InChI=1S/C12H15BrN4O2S/c1-8-15-12(7-16(8)2)20(18,19)17(3)11-5-4-9(13)6-10(11)14/h4-7H,14H2,1-3H3. The molecule has 0 saturated heterocycles. The molecule has 0 aliphatic carbocycles. The summed E-state index contributed by atoms with van der Waals surface area (Å²) in [7, 11) is -0.520. The molecule has 20 heavy (non-hydrogen) atoms. The molecule has 8 heteroatoms. The van der Waals surface area contributed by atoms with Crippen LogP contribution in [-0.4, -0.2) is 25.0 Å². The summed E-state index contributed by atoms with van der Waals surface area (Å²) in [5, 5.41) is 0.00215. The number of halogens is 1. The second kappa shape index (κ2) is 5.10. The maximum atomic E-state index is 12.5. The molecule has 0 amide bonds. The van der Waals surface area contributed by atoms with Gasteiger partial charge in [0.1, 0.15) is 5.82 Å². The number of imidazole rings is 1. The summed E-state index contributed by atoms with van der Waals surface area (Å²) in [6.07, 6.45) is 1.48. The normalized spacial score (nSPS) is 11.6. The van der Waals surface area contributed by atoms with E-state index in [9.17, 15) is 8.42 Å². The third-order valence-electron chi connectivity index (χ3n) is 3.04. The minimum absolute atomic E-state index is 0.00215. The van der Waals surface area contributed by atoms with Gasteiger partial charge in [-0.25, -0.2) is 4.98 Å². The van der Waals surface area contributed by atoms with Crippen LogP contribution in [0, 0.1) is 6.92 Å². The molecule has 0 fully saturated rings. The number of sulfonamides is 1. The van der Waals surface area contributed by atoms with Crippen LogP contribution in [0.15, 0.2) is 33.9 Å². The van der Waals surface area contributed by atoms with Crippen LogP contribution in [0.1, 0.15) is 5.82 Å². The van der Waals surface area contributed by atoms with Crippen LogP contribution in [0.4, 0.5) is 11.4 Å². The van der Waals surface area contributed by atoms with Crippen molar-refractivity contribution >= 4 is 37.3 Å². The highest BCUT2D eigenvalue weighted by Gasteiger charge is 2.25. The zero-order chi connectivity index (χ0) is 15.1. The van der Waals surface area contributed by atoms with Crippen molar-refractivity contribution in [3.05, 3.63) is 34.7 Å². The van der Waals surface area contributed by atoms with E-state index in [1.807, 2.05) is 0 Å². The van der Waals surface area contributed by atoms with Crippen molar-refractivity contribution in [3.8, 4) is 0 Å². The summed E-state index contributed by atoms with van der Waals surface area (Å²) in [4.78, 5) is 4.06. The minimum Gasteiger partial charge on any atom is -0.397 e. The fourth-order valence-electron chi connectivity index (χ4n) is 1.73. The minimum atomic E-state index is -3.72. The first kappa shape index (κ1) is 14.9. The first-order chi connectivity index (χ1) is 9.23. The molecule has 108 valence electrons. The lowest BCUT2D eigenvalue weighted by molar-refractivity contribution is 0.591. The molecule has 6 nitrogen and oxygen atoms in total. The number of nitrogens with zero attached hydrogens (tertiary/aromatic N) is 3. The van der Waals surface area contributed by atoms with E-state index in [4.69, 9.17) is 5.73 Å². The van der Waals surface area contributed by atoms with E-state index in [1.54, 1.807) is 36.7 Å². The molecule has 2 rings (SSSR count). The van der Waals surface area contributed by atoms with Gasteiger partial charge in [0.2, 0.25) is 0 Å². The van der Waals surface area contributed by atoms with Gasteiger partial charge >= 0.3 is 0 Å². The van der Waals surface area contributed by atoms with Gasteiger partial charge in [0.05, 0.1) is 11.4 Å². The lowest BCUT2D eigenvalue weighted by atomic mass is 10.3. The van der Waals surface area contributed by atoms with Crippen LogP contribution in [0.3, 0.4) is 0 Å². The van der Waals surface area contributed by atoms with Gasteiger partial charge in [-0.2, -0.15) is 8.42 Å². The molecule has 1 aromatic heterocycles. The van der Waals surface area contributed by atoms with Gasteiger partial charge in [0.25, 0.3) is 10.0 Å². The highest BCUT2D eigenvalue weighted by Crippen LogP contribution is 2.29. The summed E-state index contributed by atoms with van der Waals surface area (Å²) in [6, 6.07) is 5.04. The summed E-state index contributed by atoms with van der Waals surface area (Å²) >= 11 is 3.29. The average molecular weight is 359 g/mol. The van der Waals surface area contributed by atoms with Gasteiger partial charge in [-0.3, -0.25) is 4.31 Å². The molecule has 0 unspecified atom stereocenters. The van der Waals surface area contributed by atoms with E-state index >= 15 is 0 Å². The van der Waals surface area contributed by atoms with E-state index in [1.165, 1.54) is 13.2 Å². The van der Waals surface area contributed by atoms with Crippen molar-refractivity contribution in [3.63, 3.8) is 0 Å². The molecular weight excluding hydrogens is 344 g/mol. The molecule has 0 aliphatic rings. The number of nitrogens with two attached hydrogens (primary N) is 1. The zero-order valence-corrected chi connectivity index (χ0v) is 13.7. The predicted molar refractivity (Wildman–Crippen MR) is 82.1 cm³/mol. The summed E-state index contributed by atoms with van der Waals surface area (Å²) in [6.45, 7) is 1.74. The highest BCUT2D eigenvalue weighted by molar-refractivity contribution is 9.10. The van der Waals surface area contributed by atoms with Crippen LogP contribution in [0.5, 0.6) is 0 Å². The average Bonchev–Trinajstić information content (AvgIpc) is 2.69. The Bertz CT molecular complexity index is 735. The van der Waals surface area contributed by atoms with Crippen LogP contribution in [-0.2, 0) is 17.1 Å². The second-order valence-corrected chi connectivity index (χ2v) is 7.24. The Morgan fingerprint density at radius 1 is 1.40 bits per heavy atom. The van der Waals surface area contributed by atoms with Gasteiger partial charge in [-0.15, -0.1) is 0 Å². The summed E-state index contributed by atoms with van der Waals surface area (Å²) in [5.41, 5.74) is 6.66. The molecule has 0 radical (unpaired) electrons. The number of aromatic nitrogens is 2. The van der Waals surface area contributed by atoms with Crippen LogP contribution < -0.4 is 10.0 Å². The smallest absolute Gasteiger partial charge is 0.283 e. The summed E-state index contributed by atoms with van der Waals surface area (Å²) in [5.74, 6) is 0.626. The SMILES string of the molecule is Cc1nc(S(=O)(=O)N(C)c2ccc(Br)cc2N)cn1C. The van der Waals surface area contributed by atoms with E-state index in [0.29, 0.717) is 17.2 Å². The van der Waals surface area contributed by atoms with Crippen molar-refractivity contribution < 1.29 is 8.42 Å². The Morgan fingerprint density at radius 2 is 2.05 bits per heavy atom. The molecule has 0 spiro atoms. The fourth-order valence-corrected chi connectivity index (χ4v) is 3.36. The maximum Gasteiger partial charge on any atom is 0.283 e. The Hall–Kier alpha value is -1.54.